The Hall–Kier alpha value is -1.74. The Kier molecular flexibility index (Phi) is 4.05. The number of carbonyl (C=O) groups is 1. The second-order valence-corrected chi connectivity index (χ2v) is 4.36. The first kappa shape index (κ1) is 12.7. The van der Waals surface area contributed by atoms with Crippen LogP contribution in [0.2, 0.25) is 5.02 Å². The van der Waals surface area contributed by atoms with Crippen molar-refractivity contribution < 1.29 is 9.18 Å². The standard InChI is InChI=1S/C14H11ClFNO/c15-14-8-11(16)5-4-10(14)7-13(18)9-12-3-1-2-6-17-12/h1-6,8H,7,9H2. The van der Waals surface area contributed by atoms with E-state index in [1.165, 1.54) is 18.2 Å². The van der Waals surface area contributed by atoms with Crippen LogP contribution in [-0.2, 0) is 17.6 Å². The molecule has 0 radical (unpaired) electrons. The van der Waals surface area contributed by atoms with Crippen LogP contribution in [0.25, 0.3) is 0 Å². The van der Waals surface area contributed by atoms with E-state index >= 15 is 0 Å². The molecular weight excluding hydrogens is 253 g/mol. The van der Waals surface area contributed by atoms with Crippen molar-refractivity contribution in [1.29, 1.82) is 0 Å². The normalized spacial score (nSPS) is 10.3. The quantitative estimate of drug-likeness (QED) is 0.848. The molecule has 0 aliphatic rings. The second kappa shape index (κ2) is 5.74. The summed E-state index contributed by atoms with van der Waals surface area (Å²) in [6.45, 7) is 0. The van der Waals surface area contributed by atoms with E-state index in [1.807, 2.05) is 6.07 Å². The van der Waals surface area contributed by atoms with Crippen molar-refractivity contribution in [2.24, 2.45) is 0 Å². The van der Waals surface area contributed by atoms with E-state index in [0.717, 1.165) is 5.69 Å². The highest BCUT2D eigenvalue weighted by Crippen LogP contribution is 2.18. The van der Waals surface area contributed by atoms with Crippen LogP contribution in [-0.4, -0.2) is 10.8 Å². The molecule has 92 valence electrons. The number of pyridine rings is 1. The SMILES string of the molecule is O=C(Cc1ccccn1)Cc1ccc(F)cc1Cl. The summed E-state index contributed by atoms with van der Waals surface area (Å²) in [5.74, 6) is -0.400. The fourth-order valence-electron chi connectivity index (χ4n) is 1.64. The third kappa shape index (κ3) is 3.37. The molecule has 0 bridgehead atoms. The summed E-state index contributed by atoms with van der Waals surface area (Å²) in [5.41, 5.74) is 1.36. The minimum atomic E-state index is -0.402. The molecule has 0 aliphatic heterocycles. The van der Waals surface area contributed by atoms with E-state index in [1.54, 1.807) is 18.3 Å². The lowest BCUT2D eigenvalue weighted by Crippen LogP contribution is -2.08. The summed E-state index contributed by atoms with van der Waals surface area (Å²) in [6, 6.07) is 9.48. The lowest BCUT2D eigenvalue weighted by Gasteiger charge is -2.03. The predicted octanol–water partition coefficient (Wildman–Crippen LogP) is 3.23. The molecule has 0 unspecified atom stereocenters. The molecule has 0 N–H and O–H groups in total. The van der Waals surface area contributed by atoms with Crippen molar-refractivity contribution in [3.05, 3.63) is 64.7 Å². The fraction of sp³-hybridized carbons (Fsp3) is 0.143. The zero-order valence-electron chi connectivity index (χ0n) is 9.57. The van der Waals surface area contributed by atoms with Gasteiger partial charge in [0, 0.05) is 29.8 Å². The second-order valence-electron chi connectivity index (χ2n) is 3.95. The molecule has 4 heteroatoms. The van der Waals surface area contributed by atoms with Gasteiger partial charge in [0.1, 0.15) is 11.6 Å². The minimum Gasteiger partial charge on any atom is -0.299 e. The van der Waals surface area contributed by atoms with Crippen LogP contribution in [0.3, 0.4) is 0 Å². The molecule has 18 heavy (non-hydrogen) atoms. The first-order valence-corrected chi connectivity index (χ1v) is 5.88. The van der Waals surface area contributed by atoms with Gasteiger partial charge in [-0.05, 0) is 29.8 Å². The first-order valence-electron chi connectivity index (χ1n) is 5.50. The topological polar surface area (TPSA) is 30.0 Å². The van der Waals surface area contributed by atoms with Gasteiger partial charge >= 0.3 is 0 Å². The maximum atomic E-state index is 12.9. The molecule has 0 atom stereocenters. The average Bonchev–Trinajstić information content (AvgIpc) is 2.34. The Bertz CT molecular complexity index is 557. The zero-order chi connectivity index (χ0) is 13.0. The van der Waals surface area contributed by atoms with Gasteiger partial charge < -0.3 is 0 Å². The highest BCUT2D eigenvalue weighted by molar-refractivity contribution is 6.31. The van der Waals surface area contributed by atoms with Crippen LogP contribution < -0.4 is 0 Å². The molecule has 0 saturated heterocycles. The van der Waals surface area contributed by atoms with E-state index in [4.69, 9.17) is 11.6 Å². The van der Waals surface area contributed by atoms with Gasteiger partial charge in [0.15, 0.2) is 0 Å². The highest BCUT2D eigenvalue weighted by Gasteiger charge is 2.09. The smallest absolute Gasteiger partial charge is 0.143 e. The molecule has 1 aromatic heterocycles. The van der Waals surface area contributed by atoms with Gasteiger partial charge in [-0.25, -0.2) is 4.39 Å². The fourth-order valence-corrected chi connectivity index (χ4v) is 1.88. The predicted molar refractivity (Wildman–Crippen MR) is 68.1 cm³/mol. The molecule has 1 heterocycles. The maximum absolute atomic E-state index is 12.9. The molecular formula is C14H11ClFNO. The highest BCUT2D eigenvalue weighted by atomic mass is 35.5. The van der Waals surface area contributed by atoms with Crippen molar-refractivity contribution >= 4 is 17.4 Å². The van der Waals surface area contributed by atoms with Gasteiger partial charge in [0.05, 0.1) is 0 Å². The Morgan fingerprint density at radius 2 is 2.06 bits per heavy atom. The molecule has 0 fully saturated rings. The molecule has 2 aromatic rings. The Labute approximate surface area is 109 Å². The van der Waals surface area contributed by atoms with E-state index in [9.17, 15) is 9.18 Å². The third-order valence-corrected chi connectivity index (χ3v) is 2.86. The zero-order valence-corrected chi connectivity index (χ0v) is 10.3. The number of aromatic nitrogens is 1. The number of hydrogen-bond acceptors (Lipinski definition) is 2. The minimum absolute atomic E-state index is 0.00204. The van der Waals surface area contributed by atoms with Crippen molar-refractivity contribution in [3.8, 4) is 0 Å². The summed E-state index contributed by atoms with van der Waals surface area (Å²) in [7, 11) is 0. The molecule has 1 aromatic carbocycles. The number of carbonyl (C=O) groups excluding carboxylic acids is 1. The van der Waals surface area contributed by atoms with E-state index in [2.05, 4.69) is 4.98 Å². The summed E-state index contributed by atoms with van der Waals surface area (Å²) < 4.78 is 12.9. The van der Waals surface area contributed by atoms with Gasteiger partial charge in [-0.3, -0.25) is 9.78 Å². The summed E-state index contributed by atoms with van der Waals surface area (Å²) in [5, 5.41) is 0.282. The summed E-state index contributed by atoms with van der Waals surface area (Å²) in [4.78, 5) is 15.9. The van der Waals surface area contributed by atoms with Crippen LogP contribution in [0, 0.1) is 5.82 Å². The van der Waals surface area contributed by atoms with Gasteiger partial charge in [-0.2, -0.15) is 0 Å². The van der Waals surface area contributed by atoms with Crippen LogP contribution in [0.15, 0.2) is 42.6 Å². The van der Waals surface area contributed by atoms with Gasteiger partial charge in [-0.15, -0.1) is 0 Å². The lowest BCUT2D eigenvalue weighted by molar-refractivity contribution is -0.117. The molecule has 0 amide bonds. The average molecular weight is 264 g/mol. The molecule has 2 nitrogen and oxygen atoms in total. The molecule has 2 rings (SSSR count). The van der Waals surface area contributed by atoms with E-state index in [0.29, 0.717) is 5.56 Å². The number of rotatable bonds is 4. The number of hydrogen-bond donors (Lipinski definition) is 0. The molecule has 0 saturated carbocycles. The Balaban J connectivity index is 2.03. The van der Waals surface area contributed by atoms with Crippen molar-refractivity contribution in [3.63, 3.8) is 0 Å². The number of halogens is 2. The van der Waals surface area contributed by atoms with Gasteiger partial charge in [-0.1, -0.05) is 23.7 Å². The molecule has 0 aliphatic carbocycles. The van der Waals surface area contributed by atoms with Crippen LogP contribution in [0.4, 0.5) is 4.39 Å². The summed E-state index contributed by atoms with van der Waals surface area (Å²) in [6.07, 6.45) is 2.09. The van der Waals surface area contributed by atoms with Gasteiger partial charge in [0.2, 0.25) is 0 Å². The molecule has 0 spiro atoms. The van der Waals surface area contributed by atoms with Crippen molar-refractivity contribution in [2.75, 3.05) is 0 Å². The Morgan fingerprint density at radius 1 is 1.22 bits per heavy atom. The maximum Gasteiger partial charge on any atom is 0.143 e. The van der Waals surface area contributed by atoms with Crippen LogP contribution in [0.5, 0.6) is 0 Å². The van der Waals surface area contributed by atoms with Crippen molar-refractivity contribution in [2.45, 2.75) is 12.8 Å². The Morgan fingerprint density at radius 3 is 2.72 bits per heavy atom. The third-order valence-electron chi connectivity index (χ3n) is 2.51. The first-order chi connectivity index (χ1) is 8.65. The van der Waals surface area contributed by atoms with E-state index in [-0.39, 0.29) is 23.6 Å². The monoisotopic (exact) mass is 263 g/mol. The number of benzene rings is 1. The van der Waals surface area contributed by atoms with Gasteiger partial charge in [0.25, 0.3) is 0 Å². The van der Waals surface area contributed by atoms with Crippen molar-refractivity contribution in [1.82, 2.24) is 4.98 Å². The number of Topliss-reactive ketones (excluding diaryl/α,β-unsaturated/α-hetero) is 1. The largest absolute Gasteiger partial charge is 0.299 e. The van der Waals surface area contributed by atoms with E-state index < -0.39 is 5.82 Å². The number of nitrogens with zero attached hydrogens (tertiary/aromatic N) is 1. The lowest BCUT2D eigenvalue weighted by atomic mass is 10.1. The van der Waals surface area contributed by atoms with Crippen LogP contribution >= 0.6 is 11.6 Å². The summed E-state index contributed by atoms with van der Waals surface area (Å²) >= 11 is 5.87. The number of ketones is 1. The van der Waals surface area contributed by atoms with Crippen LogP contribution in [0.1, 0.15) is 11.3 Å².